The van der Waals surface area contributed by atoms with Crippen LogP contribution >= 0.6 is 0 Å². The van der Waals surface area contributed by atoms with Gasteiger partial charge >= 0.3 is 6.18 Å². The van der Waals surface area contributed by atoms with Crippen molar-refractivity contribution in [2.75, 3.05) is 0 Å². The number of hydrogen-bond donors (Lipinski definition) is 0. The highest BCUT2D eigenvalue weighted by atomic mass is 19.4. The minimum absolute atomic E-state index is 0.0469. The molecule has 1 aliphatic rings. The summed E-state index contributed by atoms with van der Waals surface area (Å²) in [6, 6.07) is 7.26. The SMILES string of the molecule is CCC1CCC(c2cc(F)c(C#Cc3ccc(-c4cc(F)c(C#CC(F)(F)F)c(F)c4)c(F)c3)c(F)c2)CC1. The molecule has 0 saturated heterocycles. The van der Waals surface area contributed by atoms with E-state index in [1.165, 1.54) is 24.1 Å². The van der Waals surface area contributed by atoms with E-state index in [9.17, 15) is 35.1 Å². The quantitative estimate of drug-likeness (QED) is 0.227. The first-order valence-electron chi connectivity index (χ1n) is 12.3. The number of benzene rings is 3. The van der Waals surface area contributed by atoms with Crippen molar-refractivity contribution in [2.24, 2.45) is 5.92 Å². The molecule has 0 aliphatic heterocycles. The zero-order valence-electron chi connectivity index (χ0n) is 20.8. The van der Waals surface area contributed by atoms with Gasteiger partial charge in [0.15, 0.2) is 0 Å². The lowest BCUT2D eigenvalue weighted by Crippen LogP contribution is -2.13. The van der Waals surface area contributed by atoms with E-state index in [4.69, 9.17) is 0 Å². The van der Waals surface area contributed by atoms with Crippen LogP contribution in [0.25, 0.3) is 11.1 Å². The van der Waals surface area contributed by atoms with Crippen LogP contribution in [0.1, 0.15) is 67.2 Å². The first kappa shape index (κ1) is 28.2. The summed E-state index contributed by atoms with van der Waals surface area (Å²) in [5.41, 5.74) is -1.44. The Morgan fingerprint density at radius 1 is 0.692 bits per heavy atom. The predicted molar refractivity (Wildman–Crippen MR) is 132 cm³/mol. The van der Waals surface area contributed by atoms with Crippen molar-refractivity contribution in [3.63, 3.8) is 0 Å². The van der Waals surface area contributed by atoms with Gasteiger partial charge in [-0.15, -0.1) is 0 Å². The molecular weight excluding hydrogens is 524 g/mol. The Hall–Kier alpha value is -3.78. The summed E-state index contributed by atoms with van der Waals surface area (Å²) in [6.45, 7) is 2.13. The average Bonchev–Trinajstić information content (AvgIpc) is 2.87. The monoisotopic (exact) mass is 546 g/mol. The minimum atomic E-state index is -4.94. The Morgan fingerprint density at radius 3 is 1.79 bits per heavy atom. The van der Waals surface area contributed by atoms with Crippen LogP contribution in [0, 0.1) is 58.7 Å². The molecule has 0 spiro atoms. The van der Waals surface area contributed by atoms with E-state index in [1.54, 1.807) is 0 Å². The summed E-state index contributed by atoms with van der Waals surface area (Å²) in [5, 5.41) is 0. The van der Waals surface area contributed by atoms with Crippen molar-refractivity contribution in [3.05, 3.63) is 93.8 Å². The maximum atomic E-state index is 14.8. The van der Waals surface area contributed by atoms with Gasteiger partial charge in [-0.3, -0.25) is 0 Å². The van der Waals surface area contributed by atoms with E-state index in [0.717, 1.165) is 50.2 Å². The Balaban J connectivity index is 1.56. The fourth-order valence-corrected chi connectivity index (χ4v) is 4.79. The second-order valence-corrected chi connectivity index (χ2v) is 9.49. The molecule has 39 heavy (non-hydrogen) atoms. The second-order valence-electron chi connectivity index (χ2n) is 9.49. The molecule has 0 amide bonds. The molecule has 8 heteroatoms. The third-order valence-electron chi connectivity index (χ3n) is 6.94. The van der Waals surface area contributed by atoms with Gasteiger partial charge in [0, 0.05) is 17.0 Å². The number of hydrogen-bond acceptors (Lipinski definition) is 0. The fourth-order valence-electron chi connectivity index (χ4n) is 4.79. The van der Waals surface area contributed by atoms with Crippen LogP contribution in [-0.4, -0.2) is 6.18 Å². The van der Waals surface area contributed by atoms with Crippen LogP contribution in [0.5, 0.6) is 0 Å². The van der Waals surface area contributed by atoms with Gasteiger partial charge in [-0.05, 0) is 85.0 Å². The van der Waals surface area contributed by atoms with Crippen molar-refractivity contribution in [3.8, 4) is 34.8 Å². The molecule has 0 heterocycles. The van der Waals surface area contributed by atoms with Gasteiger partial charge in [0.25, 0.3) is 0 Å². The molecule has 202 valence electrons. The highest BCUT2D eigenvalue weighted by Crippen LogP contribution is 2.37. The van der Waals surface area contributed by atoms with Gasteiger partial charge in [0.05, 0.1) is 11.1 Å². The Labute approximate surface area is 221 Å². The third-order valence-corrected chi connectivity index (χ3v) is 6.94. The maximum absolute atomic E-state index is 14.8. The molecule has 4 rings (SSSR count). The van der Waals surface area contributed by atoms with Crippen molar-refractivity contribution in [1.29, 1.82) is 0 Å². The van der Waals surface area contributed by atoms with Crippen LogP contribution in [-0.2, 0) is 0 Å². The van der Waals surface area contributed by atoms with Crippen molar-refractivity contribution >= 4 is 0 Å². The highest BCUT2D eigenvalue weighted by Gasteiger charge is 2.24. The largest absolute Gasteiger partial charge is 0.458 e. The molecule has 1 saturated carbocycles. The highest BCUT2D eigenvalue weighted by molar-refractivity contribution is 5.67. The molecule has 1 fully saturated rings. The predicted octanol–water partition coefficient (Wildman–Crippen LogP) is 9.05. The molecule has 0 N–H and O–H groups in total. The minimum Gasteiger partial charge on any atom is -0.206 e. The molecule has 0 atom stereocenters. The summed E-state index contributed by atoms with van der Waals surface area (Å²) in [7, 11) is 0. The zero-order valence-corrected chi connectivity index (χ0v) is 20.8. The molecule has 3 aromatic rings. The molecule has 0 nitrogen and oxygen atoms in total. The van der Waals surface area contributed by atoms with Gasteiger partial charge in [-0.2, -0.15) is 13.2 Å². The van der Waals surface area contributed by atoms with E-state index in [1.807, 2.05) is 0 Å². The summed E-state index contributed by atoms with van der Waals surface area (Å²) in [4.78, 5) is 0. The molecular formula is C31H22F8. The molecule has 0 bridgehead atoms. The number of alkyl halides is 3. The summed E-state index contributed by atoms with van der Waals surface area (Å²) in [6.07, 6.45) is -0.0857. The summed E-state index contributed by atoms with van der Waals surface area (Å²) >= 11 is 0. The smallest absolute Gasteiger partial charge is 0.206 e. The number of rotatable bonds is 3. The van der Waals surface area contributed by atoms with Crippen molar-refractivity contribution in [1.82, 2.24) is 0 Å². The van der Waals surface area contributed by atoms with E-state index in [-0.39, 0.29) is 22.6 Å². The molecule has 1 aliphatic carbocycles. The molecule has 0 radical (unpaired) electrons. The van der Waals surface area contributed by atoms with E-state index >= 15 is 0 Å². The lowest BCUT2D eigenvalue weighted by atomic mass is 9.77. The maximum Gasteiger partial charge on any atom is 0.458 e. The Bertz CT molecular complexity index is 1460. The summed E-state index contributed by atoms with van der Waals surface area (Å²) in [5.74, 6) is 2.43. The Kier molecular flexibility index (Phi) is 8.35. The van der Waals surface area contributed by atoms with Crippen molar-refractivity contribution in [2.45, 2.75) is 51.1 Å². The zero-order chi connectivity index (χ0) is 28.3. The van der Waals surface area contributed by atoms with Gasteiger partial charge in [0.1, 0.15) is 29.1 Å². The Morgan fingerprint density at radius 2 is 1.26 bits per heavy atom. The van der Waals surface area contributed by atoms with E-state index in [2.05, 4.69) is 18.8 Å². The normalized spacial score (nSPS) is 17.2. The van der Waals surface area contributed by atoms with Crippen LogP contribution < -0.4 is 0 Å². The molecule has 0 aromatic heterocycles. The number of halogens is 8. The lowest BCUT2D eigenvalue weighted by molar-refractivity contribution is -0.0696. The standard InChI is InChI=1S/C31H22F8/c1-2-18-3-7-20(8-4-18)21-14-27(33)24(28(34)15-21)10-6-19-5-9-23(26(32)13-19)22-16-29(35)25(30(36)17-22)11-12-31(37,38)39/h5,9,13-18,20H,2-4,7-8H2,1H3. The van der Waals surface area contributed by atoms with Gasteiger partial charge < -0.3 is 0 Å². The van der Waals surface area contributed by atoms with Crippen LogP contribution in [0.15, 0.2) is 42.5 Å². The second kappa shape index (κ2) is 11.5. The van der Waals surface area contributed by atoms with Crippen LogP contribution in [0.3, 0.4) is 0 Å². The van der Waals surface area contributed by atoms with Gasteiger partial charge in [-0.25, -0.2) is 22.0 Å². The first-order valence-corrected chi connectivity index (χ1v) is 12.3. The van der Waals surface area contributed by atoms with Crippen LogP contribution in [0.4, 0.5) is 35.1 Å². The molecule has 0 unspecified atom stereocenters. The van der Waals surface area contributed by atoms with E-state index in [0.29, 0.717) is 23.6 Å². The molecule has 3 aromatic carbocycles. The van der Waals surface area contributed by atoms with Gasteiger partial charge in [0.2, 0.25) is 0 Å². The average molecular weight is 547 g/mol. The third kappa shape index (κ3) is 6.81. The fraction of sp³-hybridized carbons (Fsp3) is 0.290. The topological polar surface area (TPSA) is 0 Å². The van der Waals surface area contributed by atoms with Crippen LogP contribution in [0.2, 0.25) is 0 Å². The van der Waals surface area contributed by atoms with E-state index < -0.39 is 46.4 Å². The van der Waals surface area contributed by atoms with Crippen molar-refractivity contribution < 1.29 is 35.1 Å². The lowest BCUT2D eigenvalue weighted by Gasteiger charge is -2.28. The van der Waals surface area contributed by atoms with Gasteiger partial charge in [-0.1, -0.05) is 37.2 Å². The summed E-state index contributed by atoms with van der Waals surface area (Å²) < 4.78 is 109. The first-order chi connectivity index (χ1) is 18.4.